The van der Waals surface area contributed by atoms with Gasteiger partial charge in [0.1, 0.15) is 5.75 Å². The standard InChI is InChI=1S/C20H24N2O/c1-2-23-19-9-4-3-6-14(19)15-7-5-8-18-20(15)16-10-12-21-13-11-17(16)22-18/h3-9,16-17,21-22H,2,10-13H2,1H3/t16-,17-/m0/s1. The normalized spacial score (nSPS) is 22.7. The van der Waals surface area contributed by atoms with E-state index in [0.29, 0.717) is 18.6 Å². The van der Waals surface area contributed by atoms with Crippen molar-refractivity contribution in [1.29, 1.82) is 0 Å². The molecule has 0 bridgehead atoms. The van der Waals surface area contributed by atoms with Crippen LogP contribution in [0.2, 0.25) is 0 Å². The highest BCUT2D eigenvalue weighted by molar-refractivity contribution is 5.81. The van der Waals surface area contributed by atoms with Crippen molar-refractivity contribution in [3.8, 4) is 16.9 Å². The summed E-state index contributed by atoms with van der Waals surface area (Å²) in [7, 11) is 0. The molecule has 1 fully saturated rings. The molecule has 0 aliphatic carbocycles. The van der Waals surface area contributed by atoms with Crippen molar-refractivity contribution >= 4 is 5.69 Å². The molecular weight excluding hydrogens is 284 g/mol. The fraction of sp³-hybridized carbons (Fsp3) is 0.400. The van der Waals surface area contributed by atoms with Crippen LogP contribution in [0.25, 0.3) is 11.1 Å². The number of nitrogens with one attached hydrogen (secondary N) is 2. The third kappa shape index (κ3) is 2.59. The number of para-hydroxylation sites is 1. The summed E-state index contributed by atoms with van der Waals surface area (Å²) >= 11 is 0. The molecule has 0 radical (unpaired) electrons. The van der Waals surface area contributed by atoms with E-state index in [-0.39, 0.29) is 0 Å². The van der Waals surface area contributed by atoms with Crippen LogP contribution in [0.1, 0.15) is 31.2 Å². The van der Waals surface area contributed by atoms with Gasteiger partial charge in [-0.2, -0.15) is 0 Å². The zero-order valence-corrected chi connectivity index (χ0v) is 13.6. The Morgan fingerprint density at radius 2 is 1.83 bits per heavy atom. The molecule has 2 aliphatic heterocycles. The lowest BCUT2D eigenvalue weighted by molar-refractivity contribution is 0.341. The van der Waals surface area contributed by atoms with Crippen molar-refractivity contribution in [1.82, 2.24) is 5.32 Å². The molecular formula is C20H24N2O. The average Bonchev–Trinajstić information content (AvgIpc) is 2.78. The highest BCUT2D eigenvalue weighted by Crippen LogP contribution is 2.46. The fourth-order valence-electron chi connectivity index (χ4n) is 4.06. The molecule has 0 saturated carbocycles. The highest BCUT2D eigenvalue weighted by Gasteiger charge is 2.35. The lowest BCUT2D eigenvalue weighted by Crippen LogP contribution is -2.21. The van der Waals surface area contributed by atoms with Crippen LogP contribution in [-0.4, -0.2) is 25.7 Å². The average molecular weight is 308 g/mol. The zero-order valence-electron chi connectivity index (χ0n) is 13.6. The lowest BCUT2D eigenvalue weighted by Gasteiger charge is -2.19. The molecule has 3 nitrogen and oxygen atoms in total. The van der Waals surface area contributed by atoms with Gasteiger partial charge in [-0.05, 0) is 56.1 Å². The minimum Gasteiger partial charge on any atom is -0.493 e. The number of anilines is 1. The molecule has 2 N–H and O–H groups in total. The van der Waals surface area contributed by atoms with Gasteiger partial charge in [0.15, 0.2) is 0 Å². The number of rotatable bonds is 3. The number of hydrogen-bond donors (Lipinski definition) is 2. The Kier molecular flexibility index (Phi) is 3.96. The van der Waals surface area contributed by atoms with Crippen LogP contribution in [0, 0.1) is 0 Å². The van der Waals surface area contributed by atoms with Crippen LogP contribution in [-0.2, 0) is 0 Å². The van der Waals surface area contributed by atoms with Crippen molar-refractivity contribution in [2.45, 2.75) is 31.7 Å². The molecule has 4 rings (SSSR count). The van der Waals surface area contributed by atoms with Crippen molar-refractivity contribution in [2.75, 3.05) is 25.0 Å². The van der Waals surface area contributed by atoms with Crippen LogP contribution >= 0.6 is 0 Å². The molecule has 0 spiro atoms. The van der Waals surface area contributed by atoms with Crippen LogP contribution in [0.3, 0.4) is 0 Å². The summed E-state index contributed by atoms with van der Waals surface area (Å²) in [6, 6.07) is 15.6. The van der Waals surface area contributed by atoms with E-state index >= 15 is 0 Å². The number of benzene rings is 2. The number of ether oxygens (including phenoxy) is 1. The number of fused-ring (bicyclic) bond motifs is 3. The van der Waals surface area contributed by atoms with Crippen LogP contribution < -0.4 is 15.4 Å². The zero-order chi connectivity index (χ0) is 15.6. The SMILES string of the molecule is CCOc1ccccc1-c1cccc2c1[C@H]1CCNCC[C@@H]1N2. The minimum absolute atomic E-state index is 0.556. The molecule has 2 aromatic carbocycles. The molecule has 1 saturated heterocycles. The summed E-state index contributed by atoms with van der Waals surface area (Å²) < 4.78 is 5.88. The summed E-state index contributed by atoms with van der Waals surface area (Å²) in [6.45, 7) is 4.94. The van der Waals surface area contributed by atoms with E-state index in [2.05, 4.69) is 47.0 Å². The van der Waals surface area contributed by atoms with E-state index in [1.165, 1.54) is 35.2 Å². The lowest BCUT2D eigenvalue weighted by atomic mass is 9.85. The van der Waals surface area contributed by atoms with E-state index in [0.717, 1.165) is 18.8 Å². The molecule has 2 aliphatic rings. The smallest absolute Gasteiger partial charge is 0.127 e. The van der Waals surface area contributed by atoms with Crippen molar-refractivity contribution in [3.05, 3.63) is 48.0 Å². The summed E-state index contributed by atoms with van der Waals surface area (Å²) in [5.41, 5.74) is 5.33. The van der Waals surface area contributed by atoms with Gasteiger partial charge in [-0.15, -0.1) is 0 Å². The fourth-order valence-corrected chi connectivity index (χ4v) is 4.06. The molecule has 2 heterocycles. The van der Waals surface area contributed by atoms with Crippen LogP contribution in [0.15, 0.2) is 42.5 Å². The largest absolute Gasteiger partial charge is 0.493 e. The van der Waals surface area contributed by atoms with Crippen LogP contribution in [0.4, 0.5) is 5.69 Å². The first-order chi connectivity index (χ1) is 11.4. The Morgan fingerprint density at radius 1 is 1.00 bits per heavy atom. The van der Waals surface area contributed by atoms with E-state index in [9.17, 15) is 0 Å². The molecule has 0 amide bonds. The Hall–Kier alpha value is -2.00. The molecule has 3 heteroatoms. The second-order valence-electron chi connectivity index (χ2n) is 6.38. The maximum atomic E-state index is 5.88. The first-order valence-electron chi connectivity index (χ1n) is 8.71. The quantitative estimate of drug-likeness (QED) is 0.898. The molecule has 23 heavy (non-hydrogen) atoms. The van der Waals surface area contributed by atoms with E-state index in [4.69, 9.17) is 4.74 Å². The first-order valence-corrected chi connectivity index (χ1v) is 8.71. The Morgan fingerprint density at radius 3 is 2.74 bits per heavy atom. The van der Waals surface area contributed by atoms with Gasteiger partial charge in [0.05, 0.1) is 6.61 Å². The monoisotopic (exact) mass is 308 g/mol. The maximum Gasteiger partial charge on any atom is 0.127 e. The third-order valence-corrected chi connectivity index (χ3v) is 5.04. The van der Waals surface area contributed by atoms with E-state index in [1.54, 1.807) is 0 Å². The Bertz CT molecular complexity index is 698. The van der Waals surface area contributed by atoms with Crippen molar-refractivity contribution < 1.29 is 4.74 Å². The second kappa shape index (κ2) is 6.25. The van der Waals surface area contributed by atoms with Gasteiger partial charge in [0.2, 0.25) is 0 Å². The predicted molar refractivity (Wildman–Crippen MR) is 95.3 cm³/mol. The van der Waals surface area contributed by atoms with Gasteiger partial charge >= 0.3 is 0 Å². The molecule has 0 aromatic heterocycles. The van der Waals surface area contributed by atoms with E-state index in [1.807, 2.05) is 13.0 Å². The molecule has 0 unspecified atom stereocenters. The number of hydrogen-bond acceptors (Lipinski definition) is 3. The van der Waals surface area contributed by atoms with Gasteiger partial charge in [-0.25, -0.2) is 0 Å². The van der Waals surface area contributed by atoms with Gasteiger partial charge in [-0.3, -0.25) is 0 Å². The predicted octanol–water partition coefficient (Wildman–Crippen LogP) is 4.01. The van der Waals surface area contributed by atoms with Gasteiger partial charge in [0.25, 0.3) is 0 Å². The van der Waals surface area contributed by atoms with Gasteiger partial charge < -0.3 is 15.4 Å². The Labute approximate surface area is 138 Å². The van der Waals surface area contributed by atoms with Crippen LogP contribution in [0.5, 0.6) is 5.75 Å². The topological polar surface area (TPSA) is 33.3 Å². The minimum atomic E-state index is 0.556. The molecule has 120 valence electrons. The Balaban J connectivity index is 1.82. The molecule has 2 aromatic rings. The third-order valence-electron chi connectivity index (χ3n) is 5.04. The molecule has 2 atom stereocenters. The summed E-state index contributed by atoms with van der Waals surface area (Å²) in [6.07, 6.45) is 2.38. The summed E-state index contributed by atoms with van der Waals surface area (Å²) in [4.78, 5) is 0. The maximum absolute atomic E-state index is 5.88. The van der Waals surface area contributed by atoms with E-state index < -0.39 is 0 Å². The van der Waals surface area contributed by atoms with Gasteiger partial charge in [0, 0.05) is 23.2 Å². The van der Waals surface area contributed by atoms with Crippen molar-refractivity contribution in [2.24, 2.45) is 0 Å². The highest BCUT2D eigenvalue weighted by atomic mass is 16.5. The van der Waals surface area contributed by atoms with Gasteiger partial charge in [-0.1, -0.05) is 30.3 Å². The van der Waals surface area contributed by atoms with Crippen molar-refractivity contribution in [3.63, 3.8) is 0 Å². The summed E-state index contributed by atoms with van der Waals surface area (Å²) in [5, 5.41) is 7.29. The summed E-state index contributed by atoms with van der Waals surface area (Å²) in [5.74, 6) is 1.57. The first kappa shape index (κ1) is 14.6. The second-order valence-corrected chi connectivity index (χ2v) is 6.38.